The number of pyridine rings is 1. The number of halogens is 1. The van der Waals surface area contributed by atoms with E-state index in [2.05, 4.69) is 26.9 Å². The van der Waals surface area contributed by atoms with Crippen molar-refractivity contribution in [1.82, 2.24) is 25.1 Å². The fraction of sp³-hybridized carbons (Fsp3) is 0.200. The molecule has 1 unspecified atom stereocenters. The molecule has 0 saturated carbocycles. The molecular weight excluding hydrogens is 329 g/mol. The van der Waals surface area contributed by atoms with Crippen LogP contribution in [0.1, 0.15) is 18.7 Å². The van der Waals surface area contributed by atoms with Crippen LogP contribution in [0.3, 0.4) is 0 Å². The van der Waals surface area contributed by atoms with Crippen LogP contribution >= 0.6 is 0 Å². The van der Waals surface area contributed by atoms with Crippen molar-refractivity contribution in [3.63, 3.8) is 0 Å². The van der Waals surface area contributed by atoms with E-state index < -0.39 is 0 Å². The van der Waals surface area contributed by atoms with Crippen molar-refractivity contribution in [3.05, 3.63) is 60.3 Å². The van der Waals surface area contributed by atoms with Crippen molar-refractivity contribution in [2.24, 2.45) is 0 Å². The Kier molecular flexibility index (Phi) is 3.39. The highest BCUT2D eigenvalue weighted by atomic mass is 19.1. The molecule has 0 amide bonds. The Morgan fingerprint density at radius 2 is 2.00 bits per heavy atom. The lowest BCUT2D eigenvalue weighted by Crippen LogP contribution is -2.32. The van der Waals surface area contributed by atoms with Gasteiger partial charge in [-0.3, -0.25) is 4.68 Å². The third kappa shape index (κ3) is 2.26. The molecule has 2 N–H and O–H groups in total. The number of aromatic nitrogens is 4. The molecule has 4 heterocycles. The maximum Gasteiger partial charge on any atom is 0.137 e. The number of aromatic amines is 1. The fourth-order valence-electron chi connectivity index (χ4n) is 3.82. The van der Waals surface area contributed by atoms with Gasteiger partial charge in [-0.05, 0) is 48.9 Å². The van der Waals surface area contributed by atoms with Crippen LogP contribution in [0.5, 0.6) is 0 Å². The molecule has 0 aliphatic carbocycles. The average molecular weight is 347 g/mol. The lowest BCUT2D eigenvalue weighted by molar-refractivity contribution is 0.421. The molecular formula is C20H18FN5. The maximum atomic E-state index is 13.4. The van der Waals surface area contributed by atoms with Crippen molar-refractivity contribution in [2.45, 2.75) is 19.5 Å². The molecule has 0 saturated heterocycles. The van der Waals surface area contributed by atoms with Crippen LogP contribution in [-0.4, -0.2) is 26.3 Å². The smallest absolute Gasteiger partial charge is 0.137 e. The highest BCUT2D eigenvalue weighted by molar-refractivity contribution is 5.98. The molecule has 1 aliphatic rings. The lowest BCUT2D eigenvalue weighted by Gasteiger charge is -2.23. The monoisotopic (exact) mass is 347 g/mol. The standard InChI is InChI=1S/C20H18FN5/c1-12-19-17(15-6-8-23-20-16(15)7-9-24-20)18(25-26(19)11-10-22-12)13-2-4-14(21)5-3-13/h2-9,12,22H,10-11H2,1H3,(H,23,24). The second-order valence-corrected chi connectivity index (χ2v) is 6.61. The van der Waals surface area contributed by atoms with Crippen molar-refractivity contribution in [3.8, 4) is 22.4 Å². The quantitative estimate of drug-likeness (QED) is 0.578. The predicted molar refractivity (Wildman–Crippen MR) is 99.1 cm³/mol. The summed E-state index contributed by atoms with van der Waals surface area (Å²) in [5.74, 6) is -0.244. The van der Waals surface area contributed by atoms with Gasteiger partial charge in [0, 0.05) is 41.5 Å². The lowest BCUT2D eigenvalue weighted by atomic mass is 9.95. The molecule has 0 bridgehead atoms. The van der Waals surface area contributed by atoms with Gasteiger partial charge in [0.05, 0.1) is 12.2 Å². The zero-order valence-corrected chi connectivity index (χ0v) is 14.3. The second kappa shape index (κ2) is 5.78. The Balaban J connectivity index is 1.84. The molecule has 3 aromatic heterocycles. The van der Waals surface area contributed by atoms with E-state index >= 15 is 0 Å². The molecule has 0 radical (unpaired) electrons. The minimum Gasteiger partial charge on any atom is -0.346 e. The normalized spacial score (nSPS) is 16.8. The van der Waals surface area contributed by atoms with E-state index in [9.17, 15) is 4.39 Å². The van der Waals surface area contributed by atoms with E-state index in [4.69, 9.17) is 5.10 Å². The molecule has 1 aromatic carbocycles. The van der Waals surface area contributed by atoms with Crippen LogP contribution < -0.4 is 5.32 Å². The van der Waals surface area contributed by atoms with Crippen molar-refractivity contribution >= 4 is 11.0 Å². The summed E-state index contributed by atoms with van der Waals surface area (Å²) >= 11 is 0. The first-order valence-corrected chi connectivity index (χ1v) is 8.75. The minimum atomic E-state index is -0.244. The summed E-state index contributed by atoms with van der Waals surface area (Å²) < 4.78 is 15.5. The highest BCUT2D eigenvalue weighted by Crippen LogP contribution is 2.40. The van der Waals surface area contributed by atoms with Crippen LogP contribution in [-0.2, 0) is 6.54 Å². The largest absolute Gasteiger partial charge is 0.346 e. The Labute approximate surface area is 149 Å². The van der Waals surface area contributed by atoms with E-state index in [-0.39, 0.29) is 11.9 Å². The topological polar surface area (TPSA) is 58.5 Å². The van der Waals surface area contributed by atoms with Gasteiger partial charge < -0.3 is 10.3 Å². The summed E-state index contributed by atoms with van der Waals surface area (Å²) in [7, 11) is 0. The Bertz CT molecular complexity index is 1090. The Hall–Kier alpha value is -2.99. The third-order valence-corrected chi connectivity index (χ3v) is 5.02. The molecule has 0 spiro atoms. The first-order valence-electron chi connectivity index (χ1n) is 8.75. The molecule has 1 atom stereocenters. The van der Waals surface area contributed by atoms with E-state index in [1.807, 2.05) is 24.5 Å². The Morgan fingerprint density at radius 1 is 1.15 bits per heavy atom. The zero-order valence-electron chi connectivity index (χ0n) is 14.3. The van der Waals surface area contributed by atoms with Crippen molar-refractivity contribution in [1.29, 1.82) is 0 Å². The van der Waals surface area contributed by atoms with Crippen LogP contribution in [0.4, 0.5) is 4.39 Å². The van der Waals surface area contributed by atoms with Crippen LogP contribution in [0.15, 0.2) is 48.8 Å². The van der Waals surface area contributed by atoms with Gasteiger partial charge in [0.2, 0.25) is 0 Å². The molecule has 0 fully saturated rings. The molecule has 6 heteroatoms. The molecule has 1 aliphatic heterocycles. The fourth-order valence-corrected chi connectivity index (χ4v) is 3.82. The van der Waals surface area contributed by atoms with Gasteiger partial charge in [-0.25, -0.2) is 9.37 Å². The minimum absolute atomic E-state index is 0.183. The number of hydrogen-bond donors (Lipinski definition) is 2. The summed E-state index contributed by atoms with van der Waals surface area (Å²) in [6.07, 6.45) is 3.71. The van der Waals surface area contributed by atoms with E-state index in [0.29, 0.717) is 0 Å². The van der Waals surface area contributed by atoms with Crippen LogP contribution in [0.2, 0.25) is 0 Å². The Morgan fingerprint density at radius 3 is 2.85 bits per heavy atom. The van der Waals surface area contributed by atoms with Gasteiger partial charge in [-0.1, -0.05) is 0 Å². The first-order chi connectivity index (χ1) is 12.7. The summed E-state index contributed by atoms with van der Waals surface area (Å²) in [6, 6.07) is 10.8. The number of nitrogens with zero attached hydrogens (tertiary/aromatic N) is 3. The number of rotatable bonds is 2. The molecule has 26 heavy (non-hydrogen) atoms. The highest BCUT2D eigenvalue weighted by Gasteiger charge is 2.27. The van der Waals surface area contributed by atoms with Gasteiger partial charge in [0.25, 0.3) is 0 Å². The number of fused-ring (bicyclic) bond motifs is 2. The number of nitrogens with one attached hydrogen (secondary N) is 2. The van der Waals surface area contributed by atoms with Gasteiger partial charge >= 0.3 is 0 Å². The average Bonchev–Trinajstić information content (AvgIpc) is 3.27. The summed E-state index contributed by atoms with van der Waals surface area (Å²) in [6.45, 7) is 3.85. The maximum absolute atomic E-state index is 13.4. The summed E-state index contributed by atoms with van der Waals surface area (Å²) in [5.41, 5.74) is 5.98. The van der Waals surface area contributed by atoms with Gasteiger partial charge in [0.15, 0.2) is 0 Å². The van der Waals surface area contributed by atoms with E-state index in [1.54, 1.807) is 12.1 Å². The number of hydrogen-bond acceptors (Lipinski definition) is 3. The molecule has 5 rings (SSSR count). The zero-order chi connectivity index (χ0) is 17.7. The summed E-state index contributed by atoms with van der Waals surface area (Å²) in [4.78, 5) is 7.59. The van der Waals surface area contributed by atoms with Gasteiger partial charge in [-0.15, -0.1) is 0 Å². The second-order valence-electron chi connectivity index (χ2n) is 6.61. The number of benzene rings is 1. The first kappa shape index (κ1) is 15.3. The molecule has 130 valence electrons. The number of H-pyrrole nitrogens is 1. The van der Waals surface area contributed by atoms with Crippen molar-refractivity contribution < 1.29 is 4.39 Å². The van der Waals surface area contributed by atoms with Gasteiger partial charge in [0.1, 0.15) is 17.2 Å². The van der Waals surface area contributed by atoms with Crippen LogP contribution in [0.25, 0.3) is 33.4 Å². The molecule has 4 aromatic rings. The van der Waals surface area contributed by atoms with Crippen LogP contribution in [0, 0.1) is 5.82 Å². The molecule has 5 nitrogen and oxygen atoms in total. The predicted octanol–water partition coefficient (Wildman–Crippen LogP) is 3.90. The van der Waals surface area contributed by atoms with E-state index in [1.165, 1.54) is 12.1 Å². The van der Waals surface area contributed by atoms with E-state index in [0.717, 1.165) is 52.2 Å². The third-order valence-electron chi connectivity index (χ3n) is 5.02. The summed E-state index contributed by atoms with van der Waals surface area (Å²) in [5, 5.41) is 9.47. The van der Waals surface area contributed by atoms with Gasteiger partial charge in [-0.2, -0.15) is 5.10 Å². The SMILES string of the molecule is CC1NCCn2nc(-c3ccc(F)cc3)c(-c3ccnc4[nH]ccc34)c21. The van der Waals surface area contributed by atoms with Crippen molar-refractivity contribution in [2.75, 3.05) is 6.54 Å².